The highest BCUT2D eigenvalue weighted by molar-refractivity contribution is 7.89. The van der Waals surface area contributed by atoms with Crippen molar-refractivity contribution >= 4 is 97.9 Å². The Kier molecular flexibility index (Phi) is 11.7. The lowest BCUT2D eigenvalue weighted by Gasteiger charge is -2.14. The first-order chi connectivity index (χ1) is 28.2. The number of nitrogens with two attached hydrogens (primary N) is 3. The highest BCUT2D eigenvalue weighted by atomic mass is 32.2. The van der Waals surface area contributed by atoms with Gasteiger partial charge < -0.3 is 22.3 Å². The molecular weight excluding hydrogens is 847 g/mol. The summed E-state index contributed by atoms with van der Waals surface area (Å²) >= 11 is 0. The average molecular weight is 877 g/mol. The minimum atomic E-state index is -5.21. The largest absolute Gasteiger partial charge is 0.505 e. The van der Waals surface area contributed by atoms with Crippen molar-refractivity contribution in [2.24, 2.45) is 30.7 Å². The SMILES string of the molecule is Nc1ccc(/N=N/c2ccc(CNS(=O)(=O)c3ccc(/N=N/c4c(S(=O)(=O)O)cc5cc(S(=O)(=O)O)c(/N=N/c6ccc([N+](=O)O)cc6)c(N)c5c4O)cc3)cc2)c(N)c1. The number of hydrogen-bond donors (Lipinski definition) is 8. The lowest BCUT2D eigenvalue weighted by Crippen LogP contribution is -2.23. The number of phenols is 1. The second kappa shape index (κ2) is 16.5. The molecule has 0 saturated carbocycles. The van der Waals surface area contributed by atoms with Crippen molar-refractivity contribution in [2.45, 2.75) is 21.2 Å². The first-order valence-electron chi connectivity index (χ1n) is 16.6. The van der Waals surface area contributed by atoms with Gasteiger partial charge in [-0.25, -0.2) is 18.3 Å². The summed E-state index contributed by atoms with van der Waals surface area (Å²) in [5.74, 6) is -1.02. The zero-order chi connectivity index (χ0) is 43.6. The zero-order valence-electron chi connectivity index (χ0n) is 30.3. The van der Waals surface area contributed by atoms with Gasteiger partial charge in [0.25, 0.3) is 25.2 Å². The van der Waals surface area contributed by atoms with Crippen molar-refractivity contribution in [1.29, 1.82) is 0 Å². The Morgan fingerprint density at radius 2 is 1.12 bits per heavy atom. The van der Waals surface area contributed by atoms with Crippen molar-refractivity contribution < 1.29 is 49.6 Å². The van der Waals surface area contributed by atoms with E-state index in [2.05, 4.69) is 35.4 Å². The summed E-state index contributed by atoms with van der Waals surface area (Å²) < 4.78 is 98.2. The number of aromatic hydroxyl groups is 1. The van der Waals surface area contributed by atoms with Crippen LogP contribution in [0.5, 0.6) is 5.75 Å². The molecule has 25 heteroatoms. The molecule has 0 aliphatic carbocycles. The van der Waals surface area contributed by atoms with Gasteiger partial charge in [0.05, 0.1) is 43.6 Å². The van der Waals surface area contributed by atoms with Crippen LogP contribution in [0.1, 0.15) is 5.56 Å². The Morgan fingerprint density at radius 3 is 1.65 bits per heavy atom. The van der Waals surface area contributed by atoms with E-state index in [1.165, 1.54) is 36.4 Å². The zero-order valence-corrected chi connectivity index (χ0v) is 32.7. The molecule has 308 valence electrons. The molecule has 6 aromatic carbocycles. The Balaban J connectivity index is 1.25. The van der Waals surface area contributed by atoms with E-state index in [4.69, 9.17) is 22.4 Å². The van der Waals surface area contributed by atoms with Crippen LogP contribution in [0, 0.1) is 4.91 Å². The molecule has 6 rings (SSSR count). The van der Waals surface area contributed by atoms with Crippen molar-refractivity contribution in [1.82, 2.24) is 4.72 Å². The standard InChI is InChI=1S/C35H29N11O11S3/c36-21-3-14-28(27(37)17-21)43-40-22-4-1-19(2-5-22)18-39-58(50,51)26-12-8-24(9-13-26)42-45-34-30(60(55,56)57)16-20-15-29(59(52,53)54)33(32(38)31(20)35(34)47)44-41-23-6-10-25(11-7-23)46(48)49/h1-17,39H,18H2,(H9-,36,37,38,40,41,42,47,48,49,52,53,54,55,56,57)/p+1. The Bertz CT molecular complexity index is 3110. The van der Waals surface area contributed by atoms with Crippen LogP contribution in [0.3, 0.4) is 0 Å². The number of hydrogen-bond acceptors (Lipinski definition) is 17. The maximum atomic E-state index is 13.1. The first kappa shape index (κ1) is 42.3. The molecule has 0 aliphatic rings. The number of sulfonamides is 1. The maximum Gasteiger partial charge on any atom is 0.316 e. The van der Waals surface area contributed by atoms with Crippen LogP contribution in [0.25, 0.3) is 10.8 Å². The highest BCUT2D eigenvalue weighted by Crippen LogP contribution is 2.48. The molecule has 0 fully saturated rings. The minimum absolute atomic E-state index is 0.0177. The number of fused-ring (bicyclic) bond motifs is 1. The molecule has 22 nitrogen and oxygen atoms in total. The molecule has 0 spiro atoms. The maximum absolute atomic E-state index is 13.1. The van der Waals surface area contributed by atoms with Crippen LogP contribution >= 0.6 is 0 Å². The fraction of sp³-hybridized carbons (Fsp3) is 0.0286. The van der Waals surface area contributed by atoms with E-state index < -0.39 is 78.6 Å². The van der Waals surface area contributed by atoms with Crippen LogP contribution in [-0.2, 0) is 36.8 Å². The molecular formula is C35H30N11O11S3+. The summed E-state index contributed by atoms with van der Waals surface area (Å²) in [5, 5.41) is 43.0. The monoisotopic (exact) mass is 876 g/mol. The second-order valence-electron chi connectivity index (χ2n) is 12.4. The van der Waals surface area contributed by atoms with Crippen molar-refractivity contribution in [3.05, 3.63) is 114 Å². The van der Waals surface area contributed by atoms with Crippen LogP contribution in [0.4, 0.5) is 56.9 Å². The van der Waals surface area contributed by atoms with E-state index in [-0.39, 0.29) is 28.5 Å². The summed E-state index contributed by atoms with van der Waals surface area (Å²) in [6.07, 6.45) is 0. The van der Waals surface area contributed by atoms with E-state index in [1.807, 2.05) is 0 Å². The molecule has 0 saturated heterocycles. The van der Waals surface area contributed by atoms with Crippen molar-refractivity contribution in [3.63, 3.8) is 0 Å². The second-order valence-corrected chi connectivity index (χ2v) is 17.0. The van der Waals surface area contributed by atoms with E-state index in [9.17, 15) is 44.4 Å². The van der Waals surface area contributed by atoms with E-state index in [0.29, 0.717) is 40.4 Å². The number of rotatable bonds is 13. The van der Waals surface area contributed by atoms with Crippen LogP contribution in [0.15, 0.2) is 149 Å². The van der Waals surface area contributed by atoms with Gasteiger partial charge in [-0.15, -0.1) is 15.3 Å². The van der Waals surface area contributed by atoms with Crippen molar-refractivity contribution in [3.8, 4) is 5.75 Å². The Hall–Kier alpha value is -7.29. The van der Waals surface area contributed by atoms with Crippen LogP contribution < -0.4 is 21.9 Å². The number of benzene rings is 6. The van der Waals surface area contributed by atoms with Crippen molar-refractivity contribution in [2.75, 3.05) is 17.2 Å². The predicted octanol–water partition coefficient (Wildman–Crippen LogP) is 7.31. The smallest absolute Gasteiger partial charge is 0.316 e. The molecule has 60 heavy (non-hydrogen) atoms. The van der Waals surface area contributed by atoms with Gasteiger partial charge in [-0.2, -0.15) is 32.2 Å². The first-order valence-corrected chi connectivity index (χ1v) is 21.0. The molecule has 0 bridgehead atoms. The Labute approximate surface area is 339 Å². The summed E-state index contributed by atoms with van der Waals surface area (Å²) in [7, 11) is -14.4. The van der Waals surface area contributed by atoms with E-state index in [0.717, 1.165) is 12.1 Å². The average Bonchev–Trinajstić information content (AvgIpc) is 3.18. The van der Waals surface area contributed by atoms with Gasteiger partial charge in [0.2, 0.25) is 10.0 Å². The van der Waals surface area contributed by atoms with Gasteiger partial charge in [-0.3, -0.25) is 9.11 Å². The lowest BCUT2D eigenvalue weighted by atomic mass is 10.1. The fourth-order valence-corrected chi connectivity index (χ4v) is 7.72. The molecule has 0 heterocycles. The highest BCUT2D eigenvalue weighted by Gasteiger charge is 2.28. The van der Waals surface area contributed by atoms with Gasteiger partial charge in [-0.05, 0) is 89.8 Å². The summed E-state index contributed by atoms with van der Waals surface area (Å²) in [5.41, 5.74) is 17.7. The molecule has 0 aliphatic heterocycles. The molecule has 0 amide bonds. The lowest BCUT2D eigenvalue weighted by molar-refractivity contribution is -0.729. The third-order valence-corrected chi connectivity index (χ3v) is 11.5. The van der Waals surface area contributed by atoms with E-state index in [1.54, 1.807) is 42.5 Å². The Morgan fingerprint density at radius 1 is 0.617 bits per heavy atom. The number of nitrogens with one attached hydrogen (secondary N) is 1. The number of nitrogens with zero attached hydrogens (tertiary/aromatic N) is 7. The van der Waals surface area contributed by atoms with Gasteiger partial charge in [0.15, 0.2) is 5.75 Å². The topological polar surface area (TPSA) is 368 Å². The minimum Gasteiger partial charge on any atom is -0.505 e. The molecule has 0 unspecified atom stereocenters. The summed E-state index contributed by atoms with van der Waals surface area (Å²) in [6, 6.07) is 22.3. The number of nitrogen functional groups attached to an aromatic ring is 3. The molecule has 6 aromatic rings. The normalized spacial score (nSPS) is 12.6. The molecule has 0 radical (unpaired) electrons. The van der Waals surface area contributed by atoms with Crippen LogP contribution in [0.2, 0.25) is 0 Å². The number of phenolic OH excluding ortho intramolecular Hbond substituents is 1. The van der Waals surface area contributed by atoms with Gasteiger partial charge >= 0.3 is 5.69 Å². The molecule has 0 aromatic heterocycles. The number of azo groups is 3. The van der Waals surface area contributed by atoms with Gasteiger partial charge in [0, 0.05) is 24.4 Å². The summed E-state index contributed by atoms with van der Waals surface area (Å²) in [6.45, 7) is -0.0944. The third-order valence-electron chi connectivity index (χ3n) is 8.35. The summed E-state index contributed by atoms with van der Waals surface area (Å²) in [4.78, 5) is 8.47. The van der Waals surface area contributed by atoms with E-state index >= 15 is 0 Å². The predicted molar refractivity (Wildman–Crippen MR) is 216 cm³/mol. The quantitative estimate of drug-likeness (QED) is 0.0244. The third kappa shape index (κ3) is 9.52. The van der Waals surface area contributed by atoms with Crippen LogP contribution in [-0.4, -0.2) is 49.6 Å². The molecule has 0 atom stereocenters. The number of anilines is 3. The fourth-order valence-electron chi connectivity index (χ4n) is 5.38. The van der Waals surface area contributed by atoms with Gasteiger partial charge in [-0.1, -0.05) is 12.1 Å². The molecule has 11 N–H and O–H groups in total. The van der Waals surface area contributed by atoms with Gasteiger partial charge in [0.1, 0.15) is 26.9 Å².